The van der Waals surface area contributed by atoms with Crippen LogP contribution in [0.25, 0.3) is 0 Å². The summed E-state index contributed by atoms with van der Waals surface area (Å²) in [6, 6.07) is 3.77. The quantitative estimate of drug-likeness (QED) is 0.581. The number of carboxylic acid groups (broad SMARTS) is 1. The van der Waals surface area contributed by atoms with Crippen LogP contribution in [-0.4, -0.2) is 27.3 Å². The van der Waals surface area contributed by atoms with Gasteiger partial charge in [0.25, 0.3) is 0 Å². The highest BCUT2D eigenvalue weighted by atomic mass is 16.4. The van der Waals surface area contributed by atoms with E-state index < -0.39 is 12.0 Å². The van der Waals surface area contributed by atoms with Crippen LogP contribution in [0.3, 0.4) is 0 Å². The fourth-order valence-electron chi connectivity index (χ4n) is 1.51. The van der Waals surface area contributed by atoms with Crippen LogP contribution in [0.15, 0.2) is 18.2 Å². The Bertz CT molecular complexity index is 403. The molecule has 94 valence electrons. The molecule has 0 saturated carbocycles. The molecule has 0 aliphatic heterocycles. The molecule has 1 rings (SSSR count). The summed E-state index contributed by atoms with van der Waals surface area (Å²) in [5.41, 5.74) is 0.715. The summed E-state index contributed by atoms with van der Waals surface area (Å²) >= 11 is 0. The molecule has 0 fully saturated rings. The van der Waals surface area contributed by atoms with Gasteiger partial charge in [-0.1, -0.05) is 19.9 Å². The zero-order valence-corrected chi connectivity index (χ0v) is 9.84. The second-order valence-corrected chi connectivity index (χ2v) is 4.26. The molecule has 5 heteroatoms. The van der Waals surface area contributed by atoms with Crippen molar-refractivity contribution in [1.82, 2.24) is 5.32 Å². The van der Waals surface area contributed by atoms with Gasteiger partial charge in [-0.15, -0.1) is 0 Å². The maximum absolute atomic E-state index is 10.9. The van der Waals surface area contributed by atoms with Crippen LogP contribution in [-0.2, 0) is 11.3 Å². The Morgan fingerprint density at radius 1 is 1.29 bits per heavy atom. The van der Waals surface area contributed by atoms with Crippen LogP contribution in [0.1, 0.15) is 19.4 Å². The number of phenolic OH excluding ortho intramolecular Hbond substituents is 2. The predicted molar refractivity (Wildman–Crippen MR) is 62.9 cm³/mol. The Balaban J connectivity index is 2.65. The number of aliphatic carboxylic acids is 1. The summed E-state index contributed by atoms with van der Waals surface area (Å²) in [6.45, 7) is 3.96. The molecule has 1 aromatic rings. The lowest BCUT2D eigenvalue weighted by Crippen LogP contribution is -2.40. The second kappa shape index (κ2) is 5.54. The smallest absolute Gasteiger partial charge is 0.320 e. The first kappa shape index (κ1) is 13.3. The number of hydrogen-bond acceptors (Lipinski definition) is 4. The van der Waals surface area contributed by atoms with Gasteiger partial charge in [-0.3, -0.25) is 4.79 Å². The minimum atomic E-state index is -0.900. The van der Waals surface area contributed by atoms with Gasteiger partial charge in [-0.05, 0) is 23.6 Å². The van der Waals surface area contributed by atoms with E-state index in [4.69, 9.17) is 10.2 Å². The molecule has 1 aromatic carbocycles. The highest BCUT2D eigenvalue weighted by Crippen LogP contribution is 2.24. The van der Waals surface area contributed by atoms with Crippen molar-refractivity contribution in [2.75, 3.05) is 0 Å². The molecule has 5 nitrogen and oxygen atoms in total. The Hall–Kier alpha value is -1.75. The van der Waals surface area contributed by atoms with Gasteiger partial charge in [-0.2, -0.15) is 0 Å². The zero-order valence-electron chi connectivity index (χ0n) is 9.84. The number of carbonyl (C=O) groups is 1. The van der Waals surface area contributed by atoms with Crippen LogP contribution >= 0.6 is 0 Å². The molecule has 0 aliphatic rings. The summed E-state index contributed by atoms with van der Waals surface area (Å²) in [5, 5.41) is 30.3. The molecule has 0 saturated heterocycles. The van der Waals surface area contributed by atoms with E-state index in [0.29, 0.717) is 12.1 Å². The Kier molecular flexibility index (Phi) is 4.34. The van der Waals surface area contributed by atoms with Gasteiger partial charge in [-0.25, -0.2) is 0 Å². The third-order valence-corrected chi connectivity index (χ3v) is 2.50. The van der Waals surface area contributed by atoms with E-state index in [0.717, 1.165) is 0 Å². The predicted octanol–water partition coefficient (Wildman–Crippen LogP) is 1.30. The van der Waals surface area contributed by atoms with Gasteiger partial charge >= 0.3 is 5.97 Å². The first-order valence-electron chi connectivity index (χ1n) is 5.39. The van der Waals surface area contributed by atoms with Gasteiger partial charge < -0.3 is 20.6 Å². The van der Waals surface area contributed by atoms with Gasteiger partial charge in [0, 0.05) is 6.54 Å². The second-order valence-electron chi connectivity index (χ2n) is 4.26. The Morgan fingerprint density at radius 3 is 2.41 bits per heavy atom. The van der Waals surface area contributed by atoms with Gasteiger partial charge in [0.1, 0.15) is 6.04 Å². The number of benzene rings is 1. The van der Waals surface area contributed by atoms with Crippen molar-refractivity contribution >= 4 is 5.97 Å². The molecule has 0 spiro atoms. The van der Waals surface area contributed by atoms with E-state index in [1.54, 1.807) is 6.07 Å². The first-order chi connectivity index (χ1) is 7.91. The number of hydrogen-bond donors (Lipinski definition) is 4. The molecule has 4 N–H and O–H groups in total. The Labute approximate surface area is 99.7 Å². The molecule has 0 bridgehead atoms. The molecule has 0 radical (unpaired) electrons. The highest BCUT2D eigenvalue weighted by Gasteiger charge is 2.20. The lowest BCUT2D eigenvalue weighted by Gasteiger charge is -2.18. The molecule has 0 amide bonds. The number of nitrogens with one attached hydrogen (secondary N) is 1. The van der Waals surface area contributed by atoms with Crippen LogP contribution < -0.4 is 5.32 Å². The standard InChI is InChI=1S/C12H17NO4/c1-7(2)11(12(16)17)13-6-8-3-4-9(14)10(15)5-8/h3-5,7,11,13-15H,6H2,1-2H3,(H,16,17). The van der Waals surface area contributed by atoms with E-state index in [1.807, 2.05) is 13.8 Å². The number of aromatic hydroxyl groups is 2. The molecule has 1 atom stereocenters. The summed E-state index contributed by atoms with van der Waals surface area (Å²) in [5.74, 6) is -1.32. The molecular weight excluding hydrogens is 222 g/mol. The highest BCUT2D eigenvalue weighted by molar-refractivity contribution is 5.73. The first-order valence-corrected chi connectivity index (χ1v) is 5.39. The van der Waals surface area contributed by atoms with Gasteiger partial charge in [0.15, 0.2) is 11.5 Å². The van der Waals surface area contributed by atoms with Crippen LogP contribution in [0.5, 0.6) is 11.5 Å². The normalized spacial score (nSPS) is 12.6. The minimum Gasteiger partial charge on any atom is -0.504 e. The van der Waals surface area contributed by atoms with Crippen LogP contribution in [0.4, 0.5) is 0 Å². The van der Waals surface area contributed by atoms with Crippen molar-refractivity contribution < 1.29 is 20.1 Å². The maximum Gasteiger partial charge on any atom is 0.320 e. The summed E-state index contributed by atoms with van der Waals surface area (Å²) < 4.78 is 0. The number of carboxylic acids is 1. The average Bonchev–Trinajstić information content (AvgIpc) is 2.22. The van der Waals surface area contributed by atoms with E-state index in [2.05, 4.69) is 5.32 Å². The SMILES string of the molecule is CC(C)C(NCc1ccc(O)c(O)c1)C(=O)O. The fraction of sp³-hybridized carbons (Fsp3) is 0.417. The van der Waals surface area contributed by atoms with Crippen molar-refractivity contribution in [3.63, 3.8) is 0 Å². The minimum absolute atomic E-state index is 0.0294. The van der Waals surface area contributed by atoms with Crippen LogP contribution in [0.2, 0.25) is 0 Å². The molecule has 0 heterocycles. The molecular formula is C12H17NO4. The average molecular weight is 239 g/mol. The van der Waals surface area contributed by atoms with Gasteiger partial charge in [0.05, 0.1) is 0 Å². The topological polar surface area (TPSA) is 89.8 Å². The summed E-state index contributed by atoms with van der Waals surface area (Å²) in [7, 11) is 0. The lowest BCUT2D eigenvalue weighted by atomic mass is 10.0. The third kappa shape index (κ3) is 3.64. The molecule has 17 heavy (non-hydrogen) atoms. The van der Waals surface area contributed by atoms with E-state index in [1.165, 1.54) is 12.1 Å². The van der Waals surface area contributed by atoms with E-state index in [-0.39, 0.29) is 17.4 Å². The van der Waals surface area contributed by atoms with E-state index >= 15 is 0 Å². The summed E-state index contributed by atoms with van der Waals surface area (Å²) in [6.07, 6.45) is 0. The van der Waals surface area contributed by atoms with Crippen molar-refractivity contribution in [3.05, 3.63) is 23.8 Å². The molecule has 0 aromatic heterocycles. The molecule has 1 unspecified atom stereocenters. The van der Waals surface area contributed by atoms with Gasteiger partial charge in [0.2, 0.25) is 0 Å². The monoisotopic (exact) mass is 239 g/mol. The van der Waals surface area contributed by atoms with Crippen molar-refractivity contribution in [1.29, 1.82) is 0 Å². The zero-order chi connectivity index (χ0) is 13.0. The van der Waals surface area contributed by atoms with Crippen molar-refractivity contribution in [2.24, 2.45) is 5.92 Å². The fourth-order valence-corrected chi connectivity index (χ4v) is 1.51. The van der Waals surface area contributed by atoms with E-state index in [9.17, 15) is 9.90 Å². The Morgan fingerprint density at radius 2 is 1.94 bits per heavy atom. The van der Waals surface area contributed by atoms with Crippen LogP contribution in [0, 0.1) is 5.92 Å². The summed E-state index contributed by atoms with van der Waals surface area (Å²) in [4.78, 5) is 10.9. The maximum atomic E-state index is 10.9. The number of rotatable bonds is 5. The largest absolute Gasteiger partial charge is 0.504 e. The van der Waals surface area contributed by atoms with Crippen molar-refractivity contribution in [2.45, 2.75) is 26.4 Å². The number of phenols is 2. The van der Waals surface area contributed by atoms with Crippen molar-refractivity contribution in [3.8, 4) is 11.5 Å². The third-order valence-electron chi connectivity index (χ3n) is 2.50. The molecule has 0 aliphatic carbocycles. The lowest BCUT2D eigenvalue weighted by molar-refractivity contribution is -0.140.